The van der Waals surface area contributed by atoms with Gasteiger partial charge in [0.05, 0.1) is 0 Å². The number of amides is 3. The van der Waals surface area contributed by atoms with Crippen molar-refractivity contribution in [2.24, 2.45) is 0 Å². The van der Waals surface area contributed by atoms with Crippen LogP contribution in [0.2, 0.25) is 5.02 Å². The average Bonchev–Trinajstić information content (AvgIpc) is 3.05. The number of para-hydroxylation sites is 1. The van der Waals surface area contributed by atoms with E-state index in [4.69, 9.17) is 11.6 Å². The summed E-state index contributed by atoms with van der Waals surface area (Å²) < 4.78 is 0. The van der Waals surface area contributed by atoms with Crippen LogP contribution in [0, 0.1) is 0 Å². The molecule has 0 aliphatic heterocycles. The summed E-state index contributed by atoms with van der Waals surface area (Å²) in [6, 6.07) is 13.4. The highest BCUT2D eigenvalue weighted by Crippen LogP contribution is 2.19. The third-order valence-electron chi connectivity index (χ3n) is 4.25. The zero-order valence-electron chi connectivity index (χ0n) is 15.8. The van der Waals surface area contributed by atoms with E-state index in [0.717, 1.165) is 16.5 Å². The van der Waals surface area contributed by atoms with Crippen LogP contribution in [0.1, 0.15) is 19.4 Å². The Balaban J connectivity index is 1.75. The Morgan fingerprint density at radius 1 is 1.04 bits per heavy atom. The summed E-state index contributed by atoms with van der Waals surface area (Å²) in [7, 11) is 0. The number of fused-ring (bicyclic) bond motifs is 1. The van der Waals surface area contributed by atoms with Gasteiger partial charge in [-0.15, -0.1) is 0 Å². The molecule has 3 aromatic rings. The van der Waals surface area contributed by atoms with Gasteiger partial charge in [0.2, 0.25) is 5.91 Å². The van der Waals surface area contributed by atoms with E-state index in [9.17, 15) is 9.59 Å². The predicted molar refractivity (Wildman–Crippen MR) is 113 cm³/mol. The van der Waals surface area contributed by atoms with E-state index < -0.39 is 12.1 Å². The summed E-state index contributed by atoms with van der Waals surface area (Å²) in [5, 5.41) is 9.99. The van der Waals surface area contributed by atoms with E-state index in [-0.39, 0.29) is 11.9 Å². The van der Waals surface area contributed by atoms with Crippen LogP contribution in [0.15, 0.2) is 54.7 Å². The van der Waals surface area contributed by atoms with Crippen molar-refractivity contribution < 1.29 is 9.59 Å². The number of benzene rings is 2. The van der Waals surface area contributed by atoms with E-state index in [2.05, 4.69) is 20.9 Å². The highest BCUT2D eigenvalue weighted by Gasteiger charge is 2.23. The molecule has 0 aliphatic carbocycles. The number of carbonyl (C=O) groups excluding carboxylic acids is 2. The second kappa shape index (κ2) is 8.80. The van der Waals surface area contributed by atoms with Crippen LogP contribution in [0.4, 0.5) is 10.5 Å². The van der Waals surface area contributed by atoms with Gasteiger partial charge in [0.25, 0.3) is 0 Å². The lowest BCUT2D eigenvalue weighted by Crippen LogP contribution is -2.50. The first-order valence-corrected chi connectivity index (χ1v) is 9.48. The van der Waals surface area contributed by atoms with Crippen molar-refractivity contribution >= 4 is 40.1 Å². The first-order valence-electron chi connectivity index (χ1n) is 9.11. The molecule has 6 nitrogen and oxygen atoms in total. The molecule has 7 heteroatoms. The van der Waals surface area contributed by atoms with Crippen molar-refractivity contribution in [3.05, 3.63) is 65.3 Å². The van der Waals surface area contributed by atoms with E-state index >= 15 is 0 Å². The molecule has 28 heavy (non-hydrogen) atoms. The fourth-order valence-corrected chi connectivity index (χ4v) is 3.10. The minimum atomic E-state index is -0.714. The number of halogens is 1. The van der Waals surface area contributed by atoms with Crippen molar-refractivity contribution in [2.45, 2.75) is 32.4 Å². The van der Waals surface area contributed by atoms with Gasteiger partial charge in [0.15, 0.2) is 0 Å². The van der Waals surface area contributed by atoms with Crippen LogP contribution in [0.25, 0.3) is 10.9 Å². The standard InChI is InChI=1S/C21H23ClN4O2/c1-13(2)24-20(27)19(11-14-12-23-18-6-4-3-5-17(14)18)26-21(28)25-16-9-7-15(22)8-10-16/h3-10,12-13,19,23H,11H2,1-2H3,(H,24,27)(H2,25,26,28)/t19-/m0/s1. The van der Waals surface area contributed by atoms with Crippen molar-refractivity contribution in [3.63, 3.8) is 0 Å². The summed E-state index contributed by atoms with van der Waals surface area (Å²) in [5.74, 6) is -0.230. The fourth-order valence-electron chi connectivity index (χ4n) is 2.97. The van der Waals surface area contributed by atoms with Crippen LogP contribution in [-0.4, -0.2) is 29.0 Å². The third kappa shape index (κ3) is 5.04. The highest BCUT2D eigenvalue weighted by molar-refractivity contribution is 6.30. The van der Waals surface area contributed by atoms with E-state index in [1.54, 1.807) is 24.3 Å². The van der Waals surface area contributed by atoms with Crippen LogP contribution in [0.5, 0.6) is 0 Å². The highest BCUT2D eigenvalue weighted by atomic mass is 35.5. The number of hydrogen-bond donors (Lipinski definition) is 4. The second-order valence-corrected chi connectivity index (χ2v) is 7.32. The Hall–Kier alpha value is -2.99. The molecule has 0 saturated heterocycles. The van der Waals surface area contributed by atoms with Gasteiger partial charge in [-0.3, -0.25) is 4.79 Å². The maximum atomic E-state index is 12.7. The molecule has 1 atom stereocenters. The molecular weight excluding hydrogens is 376 g/mol. The van der Waals surface area contributed by atoms with Crippen LogP contribution in [0.3, 0.4) is 0 Å². The first kappa shape index (κ1) is 19.8. The van der Waals surface area contributed by atoms with Crippen molar-refractivity contribution in [1.82, 2.24) is 15.6 Å². The normalized spacial score (nSPS) is 12.0. The molecule has 3 rings (SSSR count). The number of nitrogens with one attached hydrogen (secondary N) is 4. The maximum Gasteiger partial charge on any atom is 0.319 e. The molecule has 4 N–H and O–H groups in total. The third-order valence-corrected chi connectivity index (χ3v) is 4.51. The lowest BCUT2D eigenvalue weighted by Gasteiger charge is -2.20. The summed E-state index contributed by atoms with van der Waals surface area (Å²) in [4.78, 5) is 28.3. The van der Waals surface area contributed by atoms with Crippen LogP contribution < -0.4 is 16.0 Å². The van der Waals surface area contributed by atoms with Crippen molar-refractivity contribution in [2.75, 3.05) is 5.32 Å². The summed E-state index contributed by atoms with van der Waals surface area (Å²) in [6.45, 7) is 3.77. The van der Waals surface area contributed by atoms with Crippen molar-refractivity contribution in [1.29, 1.82) is 0 Å². The monoisotopic (exact) mass is 398 g/mol. The molecular formula is C21H23ClN4O2. The van der Waals surface area contributed by atoms with E-state index in [0.29, 0.717) is 17.1 Å². The number of H-pyrrole nitrogens is 1. The number of urea groups is 1. The van der Waals surface area contributed by atoms with Crippen molar-refractivity contribution in [3.8, 4) is 0 Å². The molecule has 0 saturated carbocycles. The lowest BCUT2D eigenvalue weighted by atomic mass is 10.0. The number of aromatic amines is 1. The zero-order chi connectivity index (χ0) is 20.1. The molecule has 1 aromatic heterocycles. The quantitative estimate of drug-likeness (QED) is 0.504. The minimum Gasteiger partial charge on any atom is -0.361 e. The Morgan fingerprint density at radius 3 is 2.46 bits per heavy atom. The predicted octanol–water partition coefficient (Wildman–Crippen LogP) is 4.08. The minimum absolute atomic E-state index is 0.0286. The molecule has 3 amide bonds. The number of carbonyl (C=O) groups is 2. The average molecular weight is 399 g/mol. The van der Waals surface area contributed by atoms with Gasteiger partial charge in [-0.25, -0.2) is 4.79 Å². The molecule has 0 aliphatic rings. The van der Waals surface area contributed by atoms with Gasteiger partial charge in [-0.1, -0.05) is 29.8 Å². The number of anilines is 1. The smallest absolute Gasteiger partial charge is 0.319 e. The molecule has 0 spiro atoms. The van der Waals surface area contributed by atoms with Crippen LogP contribution >= 0.6 is 11.6 Å². The van der Waals surface area contributed by atoms with E-state index in [1.165, 1.54) is 0 Å². The first-order chi connectivity index (χ1) is 13.4. The fraction of sp³-hybridized carbons (Fsp3) is 0.238. The Morgan fingerprint density at radius 2 is 1.75 bits per heavy atom. The largest absolute Gasteiger partial charge is 0.361 e. The molecule has 2 aromatic carbocycles. The molecule has 1 heterocycles. The van der Waals surface area contributed by atoms with Crippen LogP contribution in [-0.2, 0) is 11.2 Å². The topological polar surface area (TPSA) is 86.0 Å². The van der Waals surface area contributed by atoms with Gasteiger partial charge < -0.3 is 20.9 Å². The molecule has 0 fully saturated rings. The molecule has 0 unspecified atom stereocenters. The van der Waals surface area contributed by atoms with Gasteiger partial charge >= 0.3 is 6.03 Å². The van der Waals surface area contributed by atoms with Gasteiger partial charge in [-0.2, -0.15) is 0 Å². The SMILES string of the molecule is CC(C)NC(=O)[C@H](Cc1c[nH]c2ccccc12)NC(=O)Nc1ccc(Cl)cc1. The lowest BCUT2D eigenvalue weighted by molar-refractivity contribution is -0.123. The number of rotatable bonds is 6. The zero-order valence-corrected chi connectivity index (χ0v) is 16.5. The Labute approximate surface area is 168 Å². The van der Waals surface area contributed by atoms with E-state index in [1.807, 2.05) is 44.3 Å². The Kier molecular flexibility index (Phi) is 6.21. The Bertz CT molecular complexity index is 966. The molecule has 0 bridgehead atoms. The van der Waals surface area contributed by atoms with Gasteiger partial charge in [0, 0.05) is 40.3 Å². The summed E-state index contributed by atoms with van der Waals surface area (Å²) >= 11 is 5.87. The van der Waals surface area contributed by atoms with Gasteiger partial charge in [-0.05, 0) is 49.7 Å². The second-order valence-electron chi connectivity index (χ2n) is 6.88. The molecule has 146 valence electrons. The molecule has 0 radical (unpaired) electrons. The summed E-state index contributed by atoms with van der Waals surface area (Å²) in [5.41, 5.74) is 2.55. The van der Waals surface area contributed by atoms with Gasteiger partial charge in [0.1, 0.15) is 6.04 Å². The summed E-state index contributed by atoms with van der Waals surface area (Å²) in [6.07, 6.45) is 2.25. The maximum absolute atomic E-state index is 12.7. The number of aromatic nitrogens is 1. The number of hydrogen-bond acceptors (Lipinski definition) is 2.